The first-order valence-corrected chi connectivity index (χ1v) is 7.49. The van der Waals surface area contributed by atoms with Crippen molar-refractivity contribution in [3.05, 3.63) is 0 Å². The molecule has 0 fully saturated rings. The third-order valence-corrected chi connectivity index (χ3v) is 4.99. The Morgan fingerprint density at radius 3 is 2.15 bits per heavy atom. The van der Waals surface area contributed by atoms with Crippen LogP contribution in [-0.2, 0) is 8.85 Å². The molecule has 0 saturated carbocycles. The maximum absolute atomic E-state index is 5.69. The second-order valence-corrected chi connectivity index (χ2v) is 7.19. The number of hydrogen-bond donors (Lipinski definition) is 1. The molecule has 0 amide bonds. The van der Waals surface area contributed by atoms with E-state index in [0.29, 0.717) is 12.5 Å². The summed E-state index contributed by atoms with van der Waals surface area (Å²) in [6.45, 7) is 11.0. The molecular weight excluding hydrogens is 182 g/mol. The first-order chi connectivity index (χ1) is 5.89. The summed E-state index contributed by atoms with van der Waals surface area (Å²) in [7, 11) is -2.00. The van der Waals surface area contributed by atoms with Gasteiger partial charge in [0.25, 0.3) is 0 Å². The number of hydrogen-bond acceptors (Lipinski definition) is 3. The second-order valence-electron chi connectivity index (χ2n) is 3.99. The highest BCUT2D eigenvalue weighted by Crippen LogP contribution is 2.20. The van der Waals surface area contributed by atoms with Gasteiger partial charge in [0.2, 0.25) is 0 Å². The van der Waals surface area contributed by atoms with Crippen LogP contribution in [0.3, 0.4) is 0 Å². The van der Waals surface area contributed by atoms with E-state index >= 15 is 0 Å². The van der Waals surface area contributed by atoms with E-state index in [4.69, 9.17) is 14.6 Å². The van der Waals surface area contributed by atoms with Crippen molar-refractivity contribution in [2.45, 2.75) is 46.5 Å². The molecule has 2 N–H and O–H groups in total. The van der Waals surface area contributed by atoms with E-state index < -0.39 is 8.56 Å². The third kappa shape index (κ3) is 6.21. The van der Waals surface area contributed by atoms with Crippen LogP contribution < -0.4 is 5.73 Å². The molecule has 0 aromatic heterocycles. The maximum Gasteiger partial charge on any atom is 0.336 e. The molecule has 0 bridgehead atoms. The minimum Gasteiger partial charge on any atom is -0.395 e. The first-order valence-electron chi connectivity index (χ1n) is 4.97. The number of nitrogens with two attached hydrogens (primary N) is 1. The van der Waals surface area contributed by atoms with Crippen molar-refractivity contribution in [3.63, 3.8) is 0 Å². The lowest BCUT2D eigenvalue weighted by Gasteiger charge is -2.29. The summed E-state index contributed by atoms with van der Waals surface area (Å²) in [6, 6.07) is 1.00. The monoisotopic (exact) mass is 205 g/mol. The lowest BCUT2D eigenvalue weighted by Crippen LogP contribution is -2.44. The van der Waals surface area contributed by atoms with Crippen LogP contribution in [0.4, 0.5) is 0 Å². The highest BCUT2D eigenvalue weighted by Gasteiger charge is 2.33. The van der Waals surface area contributed by atoms with Crippen molar-refractivity contribution in [3.8, 4) is 0 Å². The van der Waals surface area contributed by atoms with Gasteiger partial charge in [-0.3, -0.25) is 0 Å². The van der Waals surface area contributed by atoms with Crippen LogP contribution in [0, 0.1) is 5.92 Å². The van der Waals surface area contributed by atoms with Crippen molar-refractivity contribution >= 4 is 8.56 Å². The Labute approximate surface area is 82.9 Å². The molecule has 0 aromatic carbocycles. The fraction of sp³-hybridized carbons (Fsp3) is 1.00. The minimum absolute atomic E-state index is 0.220. The Balaban J connectivity index is 4.15. The predicted molar refractivity (Wildman–Crippen MR) is 57.6 cm³/mol. The Morgan fingerprint density at radius 1 is 1.31 bits per heavy atom. The molecule has 0 saturated heterocycles. The average molecular weight is 205 g/mol. The van der Waals surface area contributed by atoms with E-state index in [2.05, 4.69) is 20.4 Å². The molecule has 80 valence electrons. The molecule has 0 aliphatic carbocycles. The van der Waals surface area contributed by atoms with Crippen molar-refractivity contribution in [1.29, 1.82) is 0 Å². The topological polar surface area (TPSA) is 44.5 Å². The van der Waals surface area contributed by atoms with Crippen LogP contribution >= 0.6 is 0 Å². The molecule has 4 heteroatoms. The molecule has 13 heavy (non-hydrogen) atoms. The summed E-state index contributed by atoms with van der Waals surface area (Å²) in [5, 5.41) is 0. The van der Waals surface area contributed by atoms with Crippen LogP contribution in [0.15, 0.2) is 0 Å². The van der Waals surface area contributed by atoms with Crippen LogP contribution in [-0.4, -0.2) is 21.4 Å². The maximum atomic E-state index is 5.69. The summed E-state index contributed by atoms with van der Waals surface area (Å²) in [4.78, 5) is 0. The van der Waals surface area contributed by atoms with E-state index in [9.17, 15) is 0 Å². The molecule has 3 nitrogen and oxygen atoms in total. The largest absolute Gasteiger partial charge is 0.395 e. The highest BCUT2D eigenvalue weighted by atomic mass is 28.4. The zero-order valence-corrected chi connectivity index (χ0v) is 10.5. The van der Waals surface area contributed by atoms with E-state index in [-0.39, 0.29) is 6.23 Å². The quantitative estimate of drug-likeness (QED) is 0.533. The molecule has 0 aliphatic heterocycles. The smallest absolute Gasteiger partial charge is 0.336 e. The van der Waals surface area contributed by atoms with Crippen LogP contribution in [0.2, 0.25) is 12.6 Å². The molecule has 2 atom stereocenters. The Bertz CT molecular complexity index is 130. The molecule has 0 aromatic rings. The fourth-order valence-electron chi connectivity index (χ4n) is 1.58. The molecule has 0 spiro atoms. The Kier molecular flexibility index (Phi) is 5.79. The fourth-order valence-corrected chi connectivity index (χ4v) is 4.74. The SMILES string of the molecule is CCO[Si](C)(CC(C)C)OC(C)N. The van der Waals surface area contributed by atoms with Crippen molar-refractivity contribution in [2.75, 3.05) is 6.61 Å². The lowest BCUT2D eigenvalue weighted by atomic mass is 10.3. The third-order valence-electron chi connectivity index (χ3n) is 1.66. The summed E-state index contributed by atoms with van der Waals surface area (Å²) < 4.78 is 11.4. The van der Waals surface area contributed by atoms with Gasteiger partial charge in [0.15, 0.2) is 0 Å². The van der Waals surface area contributed by atoms with Gasteiger partial charge in [-0.05, 0) is 32.4 Å². The van der Waals surface area contributed by atoms with Crippen molar-refractivity contribution < 1.29 is 8.85 Å². The van der Waals surface area contributed by atoms with Crippen molar-refractivity contribution in [1.82, 2.24) is 0 Å². The van der Waals surface area contributed by atoms with Gasteiger partial charge < -0.3 is 14.6 Å². The minimum atomic E-state index is -2.00. The highest BCUT2D eigenvalue weighted by molar-refractivity contribution is 6.66. The standard InChI is InChI=1S/C9H23NO2Si/c1-6-11-13(5,7-8(2)3)12-9(4)10/h8-9H,6-7,10H2,1-5H3. The van der Waals surface area contributed by atoms with E-state index in [0.717, 1.165) is 6.04 Å². The van der Waals surface area contributed by atoms with Gasteiger partial charge in [-0.15, -0.1) is 0 Å². The molecule has 2 unspecified atom stereocenters. The lowest BCUT2D eigenvalue weighted by molar-refractivity contribution is 0.132. The number of rotatable bonds is 6. The van der Waals surface area contributed by atoms with E-state index in [1.54, 1.807) is 0 Å². The van der Waals surface area contributed by atoms with E-state index in [1.165, 1.54) is 0 Å². The van der Waals surface area contributed by atoms with Crippen LogP contribution in [0.1, 0.15) is 27.7 Å². The van der Waals surface area contributed by atoms with Crippen LogP contribution in [0.25, 0.3) is 0 Å². The summed E-state index contributed by atoms with van der Waals surface area (Å²) >= 11 is 0. The molecular formula is C9H23NO2Si. The predicted octanol–water partition coefficient (Wildman–Crippen LogP) is 2.07. The molecule has 0 aliphatic rings. The van der Waals surface area contributed by atoms with Crippen LogP contribution in [0.5, 0.6) is 0 Å². The summed E-state index contributed by atoms with van der Waals surface area (Å²) in [6.07, 6.45) is -0.220. The first kappa shape index (κ1) is 13.1. The molecule has 0 rings (SSSR count). The van der Waals surface area contributed by atoms with E-state index in [1.807, 2.05) is 13.8 Å². The van der Waals surface area contributed by atoms with Gasteiger partial charge >= 0.3 is 8.56 Å². The normalized spacial score (nSPS) is 18.7. The van der Waals surface area contributed by atoms with Gasteiger partial charge in [-0.25, -0.2) is 0 Å². The summed E-state index contributed by atoms with van der Waals surface area (Å²) in [5.41, 5.74) is 5.62. The van der Waals surface area contributed by atoms with Crippen molar-refractivity contribution in [2.24, 2.45) is 11.7 Å². The van der Waals surface area contributed by atoms with Gasteiger partial charge in [-0.2, -0.15) is 0 Å². The average Bonchev–Trinajstić information content (AvgIpc) is 1.81. The second kappa shape index (κ2) is 5.75. The molecule has 0 radical (unpaired) electrons. The summed E-state index contributed by atoms with van der Waals surface area (Å²) in [5.74, 6) is 0.599. The van der Waals surface area contributed by atoms with Gasteiger partial charge in [0.05, 0.1) is 6.23 Å². The zero-order chi connectivity index (χ0) is 10.5. The van der Waals surface area contributed by atoms with Gasteiger partial charge in [0.1, 0.15) is 0 Å². The zero-order valence-electron chi connectivity index (χ0n) is 9.46. The Morgan fingerprint density at radius 2 is 1.85 bits per heavy atom. The van der Waals surface area contributed by atoms with Gasteiger partial charge in [0, 0.05) is 6.61 Å². The molecule has 0 heterocycles. The Hall–Kier alpha value is 0.0969. The van der Waals surface area contributed by atoms with Gasteiger partial charge in [-0.1, -0.05) is 13.8 Å².